The number of piperazine rings is 1. The van der Waals surface area contributed by atoms with Crippen LogP contribution in [0.4, 0.5) is 4.79 Å². The van der Waals surface area contributed by atoms with Gasteiger partial charge in [0.1, 0.15) is 5.01 Å². The summed E-state index contributed by atoms with van der Waals surface area (Å²) in [6, 6.07) is 8.48. The van der Waals surface area contributed by atoms with Crippen molar-refractivity contribution >= 4 is 23.3 Å². The Balaban J connectivity index is 1.32. The summed E-state index contributed by atoms with van der Waals surface area (Å²) in [5, 5.41) is 2.90. The molecular weight excluding hydrogens is 428 g/mol. The molecule has 2 saturated heterocycles. The topological polar surface area (TPSA) is 75.2 Å². The van der Waals surface area contributed by atoms with Gasteiger partial charge in [-0.15, -0.1) is 11.3 Å². The van der Waals surface area contributed by atoms with Crippen LogP contribution in [0.5, 0.6) is 0 Å². The normalized spacial score (nSPS) is 17.4. The Morgan fingerprint density at radius 3 is 2.59 bits per heavy atom. The second-order valence-electron chi connectivity index (χ2n) is 7.98. The highest BCUT2D eigenvalue weighted by Gasteiger charge is 2.25. The zero-order chi connectivity index (χ0) is 22.3. The highest BCUT2D eigenvalue weighted by atomic mass is 32.1. The largest absolute Gasteiger partial charge is 0.450 e. The molecule has 2 amide bonds. The van der Waals surface area contributed by atoms with E-state index in [1.165, 1.54) is 5.56 Å². The summed E-state index contributed by atoms with van der Waals surface area (Å²) in [6.07, 6.45) is -0.0248. The molecule has 0 spiro atoms. The van der Waals surface area contributed by atoms with Crippen molar-refractivity contribution < 1.29 is 19.1 Å². The van der Waals surface area contributed by atoms with Gasteiger partial charge in [-0.2, -0.15) is 0 Å². The van der Waals surface area contributed by atoms with Gasteiger partial charge in [-0.3, -0.25) is 9.69 Å². The minimum Gasteiger partial charge on any atom is -0.450 e. The number of rotatable bonds is 6. The summed E-state index contributed by atoms with van der Waals surface area (Å²) in [4.78, 5) is 35.1. The molecule has 0 saturated carbocycles. The molecule has 3 heterocycles. The third-order valence-corrected chi connectivity index (χ3v) is 6.67. The Labute approximate surface area is 192 Å². The lowest BCUT2D eigenvalue weighted by atomic mass is 10.1. The van der Waals surface area contributed by atoms with Crippen LogP contribution in [-0.4, -0.2) is 90.8 Å². The van der Waals surface area contributed by atoms with E-state index >= 15 is 0 Å². The maximum absolute atomic E-state index is 12.7. The lowest BCUT2D eigenvalue weighted by Gasteiger charge is -2.34. The van der Waals surface area contributed by atoms with E-state index in [4.69, 9.17) is 14.5 Å². The monoisotopic (exact) mass is 458 g/mol. The Morgan fingerprint density at radius 2 is 1.84 bits per heavy atom. The Kier molecular flexibility index (Phi) is 7.72. The third kappa shape index (κ3) is 5.85. The van der Waals surface area contributed by atoms with Gasteiger partial charge in [-0.25, -0.2) is 9.78 Å². The number of thiazole rings is 1. The van der Waals surface area contributed by atoms with Crippen LogP contribution in [0.3, 0.4) is 0 Å². The molecule has 8 nitrogen and oxygen atoms in total. The van der Waals surface area contributed by atoms with Crippen LogP contribution >= 0.6 is 11.3 Å². The van der Waals surface area contributed by atoms with Crippen molar-refractivity contribution in [2.45, 2.75) is 19.9 Å². The molecule has 0 bridgehead atoms. The maximum Gasteiger partial charge on any atom is 0.409 e. The smallest absolute Gasteiger partial charge is 0.409 e. The van der Waals surface area contributed by atoms with Crippen molar-refractivity contribution in [2.24, 2.45) is 0 Å². The number of amides is 2. The molecule has 172 valence electrons. The molecule has 0 aliphatic carbocycles. The fourth-order valence-electron chi connectivity index (χ4n) is 3.96. The van der Waals surface area contributed by atoms with Crippen molar-refractivity contribution in [3.63, 3.8) is 0 Å². The zero-order valence-electron chi connectivity index (χ0n) is 18.5. The van der Waals surface area contributed by atoms with Crippen LogP contribution in [0.25, 0.3) is 10.6 Å². The first-order chi connectivity index (χ1) is 15.6. The van der Waals surface area contributed by atoms with Crippen LogP contribution in [0, 0.1) is 0 Å². The maximum atomic E-state index is 12.7. The fraction of sp³-hybridized carbons (Fsp3) is 0.522. The van der Waals surface area contributed by atoms with Crippen LogP contribution in [0.2, 0.25) is 0 Å². The Hall–Kier alpha value is -2.49. The molecule has 0 atom stereocenters. The lowest BCUT2D eigenvalue weighted by Crippen LogP contribution is -2.51. The van der Waals surface area contributed by atoms with E-state index < -0.39 is 0 Å². The molecule has 1 aromatic carbocycles. The Morgan fingerprint density at radius 1 is 1.09 bits per heavy atom. The third-order valence-electron chi connectivity index (χ3n) is 5.73. The van der Waals surface area contributed by atoms with Gasteiger partial charge in [0.05, 0.1) is 31.9 Å². The Bertz CT molecular complexity index is 920. The van der Waals surface area contributed by atoms with E-state index in [2.05, 4.69) is 29.2 Å². The number of carbonyl (C=O) groups is 2. The number of carbonyl (C=O) groups excluding carboxylic acids is 2. The first-order valence-electron chi connectivity index (χ1n) is 11.2. The number of benzene rings is 1. The summed E-state index contributed by atoms with van der Waals surface area (Å²) >= 11 is 1.57. The van der Waals surface area contributed by atoms with E-state index in [1.807, 2.05) is 5.38 Å². The van der Waals surface area contributed by atoms with Gasteiger partial charge in [0.25, 0.3) is 0 Å². The number of hydrogen-bond donors (Lipinski definition) is 0. The molecule has 2 aliphatic heterocycles. The minimum atomic E-state index is -0.306. The molecule has 2 aliphatic rings. The van der Waals surface area contributed by atoms with E-state index in [0.717, 1.165) is 49.1 Å². The predicted molar refractivity (Wildman–Crippen MR) is 123 cm³/mol. The zero-order valence-corrected chi connectivity index (χ0v) is 19.3. The number of aromatic nitrogens is 1. The van der Waals surface area contributed by atoms with Crippen molar-refractivity contribution in [3.05, 3.63) is 40.9 Å². The SMILES string of the molecule is CCOC(=O)N1CCN(C(=O)Cc2csc(-c3cccc(CN4CCOCC4)c3)n2)CC1. The average Bonchev–Trinajstić information content (AvgIpc) is 3.29. The predicted octanol–water partition coefficient (Wildman–Crippen LogP) is 2.49. The van der Waals surface area contributed by atoms with Crippen molar-refractivity contribution in [1.82, 2.24) is 19.7 Å². The molecule has 9 heteroatoms. The molecular formula is C23H30N4O4S. The number of ether oxygens (including phenoxy) is 2. The molecule has 0 unspecified atom stereocenters. The average molecular weight is 459 g/mol. The van der Waals surface area contributed by atoms with Crippen molar-refractivity contribution in [3.8, 4) is 10.6 Å². The molecule has 4 rings (SSSR count). The summed E-state index contributed by atoms with van der Waals surface area (Å²) < 4.78 is 10.5. The van der Waals surface area contributed by atoms with E-state index in [1.54, 1.807) is 28.1 Å². The highest BCUT2D eigenvalue weighted by Crippen LogP contribution is 2.25. The van der Waals surface area contributed by atoms with Gasteiger partial charge in [0, 0.05) is 56.8 Å². The van der Waals surface area contributed by atoms with Gasteiger partial charge in [0.15, 0.2) is 0 Å². The summed E-state index contributed by atoms with van der Waals surface area (Å²) in [5.74, 6) is 0.0476. The van der Waals surface area contributed by atoms with Crippen molar-refractivity contribution in [2.75, 3.05) is 59.1 Å². The lowest BCUT2D eigenvalue weighted by molar-refractivity contribution is -0.132. The second-order valence-corrected chi connectivity index (χ2v) is 8.83. The van der Waals surface area contributed by atoms with Crippen molar-refractivity contribution in [1.29, 1.82) is 0 Å². The van der Waals surface area contributed by atoms with Crippen LogP contribution < -0.4 is 0 Å². The van der Waals surface area contributed by atoms with E-state index in [9.17, 15) is 9.59 Å². The van der Waals surface area contributed by atoms with Crippen LogP contribution in [-0.2, 0) is 27.2 Å². The highest BCUT2D eigenvalue weighted by molar-refractivity contribution is 7.13. The molecule has 0 N–H and O–H groups in total. The fourth-order valence-corrected chi connectivity index (χ4v) is 4.78. The van der Waals surface area contributed by atoms with Gasteiger partial charge in [0.2, 0.25) is 5.91 Å². The van der Waals surface area contributed by atoms with Gasteiger partial charge in [-0.1, -0.05) is 18.2 Å². The van der Waals surface area contributed by atoms with E-state index in [0.29, 0.717) is 32.8 Å². The standard InChI is InChI=1S/C23H30N4O4S/c1-2-31-23(29)27-8-6-26(7-9-27)21(28)15-20-17-32-22(24-20)19-5-3-4-18(14-19)16-25-10-12-30-13-11-25/h3-5,14,17H,2,6-13,15-16H2,1H3. The summed E-state index contributed by atoms with van der Waals surface area (Å²) in [6.45, 7) is 8.63. The minimum absolute atomic E-state index is 0.0476. The van der Waals surface area contributed by atoms with Gasteiger partial charge < -0.3 is 19.3 Å². The van der Waals surface area contributed by atoms with Gasteiger partial charge in [-0.05, 0) is 18.6 Å². The molecule has 1 aromatic heterocycles. The van der Waals surface area contributed by atoms with Crippen LogP contribution in [0.15, 0.2) is 29.6 Å². The van der Waals surface area contributed by atoms with E-state index in [-0.39, 0.29) is 18.4 Å². The number of nitrogens with zero attached hydrogens (tertiary/aromatic N) is 4. The molecule has 32 heavy (non-hydrogen) atoms. The summed E-state index contributed by atoms with van der Waals surface area (Å²) in [7, 11) is 0. The molecule has 0 radical (unpaired) electrons. The van der Waals surface area contributed by atoms with Crippen LogP contribution in [0.1, 0.15) is 18.2 Å². The second kappa shape index (κ2) is 10.9. The molecule has 2 aromatic rings. The van der Waals surface area contributed by atoms with Gasteiger partial charge >= 0.3 is 6.09 Å². The first-order valence-corrected chi connectivity index (χ1v) is 12.0. The quantitative estimate of drug-likeness (QED) is 0.662. The number of morpholine rings is 1. The molecule has 2 fully saturated rings. The number of hydrogen-bond acceptors (Lipinski definition) is 7. The first kappa shape index (κ1) is 22.7. The summed E-state index contributed by atoms with van der Waals surface area (Å²) in [5.41, 5.74) is 3.14.